The molecule has 0 saturated carbocycles. The van der Waals surface area contributed by atoms with Crippen LogP contribution in [0.1, 0.15) is 11.1 Å². The molecule has 0 heterocycles. The Morgan fingerprint density at radius 3 is 2.21 bits per heavy atom. The highest BCUT2D eigenvalue weighted by atomic mass is 32.1. The number of thiocarbonyl (C=S) groups is 1. The van der Waals surface area contributed by atoms with Crippen LogP contribution < -0.4 is 16.2 Å². The van der Waals surface area contributed by atoms with E-state index in [9.17, 15) is 0 Å². The molecule has 1 aromatic carbocycles. The molecule has 0 aliphatic carbocycles. The molecular weight excluding hydrogens is 194 g/mol. The lowest BCUT2D eigenvalue weighted by molar-refractivity contribution is 1.04. The van der Waals surface area contributed by atoms with Gasteiger partial charge in [-0.25, -0.2) is 0 Å². The zero-order chi connectivity index (χ0) is 10.6. The van der Waals surface area contributed by atoms with Crippen molar-refractivity contribution in [2.75, 3.05) is 12.5 Å². The first kappa shape index (κ1) is 10.8. The van der Waals surface area contributed by atoms with Gasteiger partial charge >= 0.3 is 0 Å². The van der Waals surface area contributed by atoms with Gasteiger partial charge in [-0.15, -0.1) is 0 Å². The zero-order valence-corrected chi connectivity index (χ0v) is 9.46. The van der Waals surface area contributed by atoms with Crippen molar-refractivity contribution in [3.8, 4) is 0 Å². The Kier molecular flexibility index (Phi) is 3.71. The van der Waals surface area contributed by atoms with Crippen molar-refractivity contribution in [2.45, 2.75) is 13.8 Å². The number of hydrogen-bond donors (Lipinski definition) is 3. The quantitative estimate of drug-likeness (QED) is 0.512. The molecule has 0 radical (unpaired) electrons. The third-order valence-electron chi connectivity index (χ3n) is 1.77. The topological polar surface area (TPSA) is 36.1 Å². The van der Waals surface area contributed by atoms with Crippen LogP contribution in [0.5, 0.6) is 0 Å². The minimum Gasteiger partial charge on any atom is -0.364 e. The van der Waals surface area contributed by atoms with E-state index in [1.54, 1.807) is 7.05 Å². The average molecular weight is 209 g/mol. The molecule has 3 N–H and O–H groups in total. The van der Waals surface area contributed by atoms with Crippen LogP contribution in [0.3, 0.4) is 0 Å². The van der Waals surface area contributed by atoms with Gasteiger partial charge in [0.2, 0.25) is 0 Å². The van der Waals surface area contributed by atoms with Crippen molar-refractivity contribution in [3.05, 3.63) is 29.3 Å². The number of rotatable bonds is 2. The van der Waals surface area contributed by atoms with Crippen LogP contribution in [0.2, 0.25) is 0 Å². The van der Waals surface area contributed by atoms with Gasteiger partial charge in [-0.05, 0) is 49.3 Å². The number of hydrogen-bond acceptors (Lipinski definition) is 2. The normalized spacial score (nSPS) is 9.36. The lowest BCUT2D eigenvalue weighted by Gasteiger charge is -2.11. The molecular formula is C10H15N3S. The Hall–Kier alpha value is -1.29. The smallest absolute Gasteiger partial charge is 0.184 e. The molecule has 0 unspecified atom stereocenters. The maximum absolute atomic E-state index is 4.94. The Labute approximate surface area is 89.9 Å². The highest BCUT2D eigenvalue weighted by molar-refractivity contribution is 7.80. The average Bonchev–Trinajstić information content (AvgIpc) is 2.12. The molecule has 4 heteroatoms. The van der Waals surface area contributed by atoms with E-state index in [-0.39, 0.29) is 0 Å². The summed E-state index contributed by atoms with van der Waals surface area (Å²) in [6.45, 7) is 4.13. The molecule has 0 aliphatic rings. The third kappa shape index (κ3) is 3.22. The van der Waals surface area contributed by atoms with Crippen molar-refractivity contribution in [1.29, 1.82) is 0 Å². The fraction of sp³-hybridized carbons (Fsp3) is 0.300. The molecule has 0 aliphatic heterocycles. The zero-order valence-electron chi connectivity index (χ0n) is 8.64. The van der Waals surface area contributed by atoms with E-state index in [2.05, 4.69) is 48.2 Å². The molecule has 1 rings (SSSR count). The summed E-state index contributed by atoms with van der Waals surface area (Å²) < 4.78 is 0. The van der Waals surface area contributed by atoms with Crippen LogP contribution in [-0.4, -0.2) is 12.2 Å². The van der Waals surface area contributed by atoms with Gasteiger partial charge in [0.25, 0.3) is 0 Å². The minimum absolute atomic E-state index is 0.573. The maximum atomic E-state index is 4.94. The highest BCUT2D eigenvalue weighted by Crippen LogP contribution is 2.12. The van der Waals surface area contributed by atoms with Crippen molar-refractivity contribution in [3.63, 3.8) is 0 Å². The van der Waals surface area contributed by atoms with Gasteiger partial charge in [0.15, 0.2) is 5.11 Å². The van der Waals surface area contributed by atoms with Gasteiger partial charge in [0, 0.05) is 7.05 Å². The summed E-state index contributed by atoms with van der Waals surface area (Å²) in [5, 5.41) is 3.40. The van der Waals surface area contributed by atoms with Crippen molar-refractivity contribution < 1.29 is 0 Å². The van der Waals surface area contributed by atoms with E-state index < -0.39 is 0 Å². The summed E-state index contributed by atoms with van der Waals surface area (Å²) >= 11 is 4.94. The number of anilines is 1. The molecule has 0 fully saturated rings. The second-order valence-electron chi connectivity index (χ2n) is 3.21. The molecule has 1 aromatic rings. The molecule has 0 spiro atoms. The predicted molar refractivity (Wildman–Crippen MR) is 64.3 cm³/mol. The van der Waals surface area contributed by atoms with Crippen molar-refractivity contribution >= 4 is 23.0 Å². The number of nitrogens with one attached hydrogen (secondary N) is 3. The lowest BCUT2D eigenvalue weighted by Crippen LogP contribution is -2.36. The van der Waals surface area contributed by atoms with Crippen LogP contribution in [0.15, 0.2) is 18.2 Å². The van der Waals surface area contributed by atoms with E-state index in [4.69, 9.17) is 12.2 Å². The summed E-state index contributed by atoms with van der Waals surface area (Å²) in [5.74, 6) is 0. The Morgan fingerprint density at radius 1 is 1.14 bits per heavy atom. The fourth-order valence-electron chi connectivity index (χ4n) is 1.24. The van der Waals surface area contributed by atoms with Crippen LogP contribution in [-0.2, 0) is 0 Å². The first-order valence-corrected chi connectivity index (χ1v) is 4.84. The standard InChI is InChI=1S/C10H15N3S/c1-7-4-8(2)6-9(5-7)12-13-10(14)11-3/h4-6,12H,1-3H3,(H2,11,13,14). The van der Waals surface area contributed by atoms with Gasteiger partial charge in [-0.1, -0.05) is 6.07 Å². The van der Waals surface area contributed by atoms with Crippen LogP contribution in [0, 0.1) is 13.8 Å². The summed E-state index contributed by atoms with van der Waals surface area (Å²) in [5.41, 5.74) is 9.36. The van der Waals surface area contributed by atoms with Crippen molar-refractivity contribution in [2.24, 2.45) is 0 Å². The highest BCUT2D eigenvalue weighted by Gasteiger charge is 1.95. The van der Waals surface area contributed by atoms with E-state index >= 15 is 0 Å². The van der Waals surface area contributed by atoms with Gasteiger partial charge in [-0.2, -0.15) is 0 Å². The van der Waals surface area contributed by atoms with Crippen LogP contribution >= 0.6 is 12.2 Å². The van der Waals surface area contributed by atoms with E-state index in [1.807, 2.05) is 0 Å². The minimum atomic E-state index is 0.573. The predicted octanol–water partition coefficient (Wildman–Crippen LogP) is 1.72. The monoisotopic (exact) mass is 209 g/mol. The Balaban J connectivity index is 2.63. The third-order valence-corrected chi connectivity index (χ3v) is 2.08. The first-order valence-electron chi connectivity index (χ1n) is 4.44. The second-order valence-corrected chi connectivity index (χ2v) is 3.61. The summed E-state index contributed by atoms with van der Waals surface area (Å²) in [4.78, 5) is 0. The molecule has 0 aromatic heterocycles. The molecule has 0 amide bonds. The van der Waals surface area contributed by atoms with Crippen LogP contribution in [0.25, 0.3) is 0 Å². The summed E-state index contributed by atoms with van der Waals surface area (Å²) in [6, 6.07) is 6.23. The number of aryl methyl sites for hydroxylation is 2. The molecule has 14 heavy (non-hydrogen) atoms. The number of hydrazine groups is 1. The summed E-state index contributed by atoms with van der Waals surface area (Å²) in [7, 11) is 1.78. The van der Waals surface area contributed by atoms with Crippen LogP contribution in [0.4, 0.5) is 5.69 Å². The molecule has 0 bridgehead atoms. The second kappa shape index (κ2) is 4.81. The largest absolute Gasteiger partial charge is 0.364 e. The lowest BCUT2D eigenvalue weighted by atomic mass is 10.1. The SMILES string of the molecule is CNC(=S)NNc1cc(C)cc(C)c1. The van der Waals surface area contributed by atoms with Gasteiger partial charge in [0.1, 0.15) is 0 Å². The summed E-state index contributed by atoms with van der Waals surface area (Å²) in [6.07, 6.45) is 0. The van der Waals surface area contributed by atoms with E-state index in [0.717, 1.165) is 5.69 Å². The molecule has 0 saturated heterocycles. The molecule has 0 atom stereocenters. The Morgan fingerprint density at radius 2 is 1.71 bits per heavy atom. The number of benzene rings is 1. The Bertz CT molecular complexity index is 316. The maximum Gasteiger partial charge on any atom is 0.184 e. The van der Waals surface area contributed by atoms with Gasteiger partial charge in [0.05, 0.1) is 5.69 Å². The van der Waals surface area contributed by atoms with E-state index in [0.29, 0.717) is 5.11 Å². The molecule has 3 nitrogen and oxygen atoms in total. The molecule has 76 valence electrons. The fourth-order valence-corrected chi connectivity index (χ4v) is 1.29. The van der Waals surface area contributed by atoms with Gasteiger partial charge < -0.3 is 5.32 Å². The van der Waals surface area contributed by atoms with Gasteiger partial charge in [-0.3, -0.25) is 10.9 Å². The van der Waals surface area contributed by atoms with Crippen molar-refractivity contribution in [1.82, 2.24) is 10.7 Å². The van der Waals surface area contributed by atoms with E-state index in [1.165, 1.54) is 11.1 Å². The first-order chi connectivity index (χ1) is 6.61.